The highest BCUT2D eigenvalue weighted by atomic mass is 28.4. The lowest BCUT2D eigenvalue weighted by molar-refractivity contribution is -0.479. The van der Waals surface area contributed by atoms with Crippen LogP contribution >= 0.6 is 0 Å². The van der Waals surface area contributed by atoms with Gasteiger partial charge in [-0.3, -0.25) is 9.79 Å². The van der Waals surface area contributed by atoms with E-state index in [9.17, 15) is 4.79 Å². The molecule has 0 aliphatic carbocycles. The monoisotopic (exact) mass is 634 g/mol. The SMILES string of the molecule is CCCCCCCCCCCCCCCCN(OO)O[SiH3].COC(=O)CN=CCC(C)(C)CCO[Si](C)(C)C(C)(C)C. The van der Waals surface area contributed by atoms with Crippen molar-refractivity contribution < 1.29 is 28.7 Å². The highest BCUT2D eigenvalue weighted by Gasteiger charge is 2.37. The number of hydrogen-bond donors (Lipinski definition) is 1. The van der Waals surface area contributed by atoms with E-state index in [1.807, 2.05) is 6.21 Å². The smallest absolute Gasteiger partial charge is 0.327 e. The average Bonchev–Trinajstić information content (AvgIpc) is 2.92. The van der Waals surface area contributed by atoms with Crippen molar-refractivity contribution in [3.63, 3.8) is 0 Å². The number of esters is 1. The number of ether oxygens (including phenoxy) is 1. The summed E-state index contributed by atoms with van der Waals surface area (Å²) < 4.78 is 15.7. The molecule has 0 bridgehead atoms. The minimum absolute atomic E-state index is 0.104. The molecule has 0 aromatic heterocycles. The van der Waals surface area contributed by atoms with Crippen LogP contribution in [0.1, 0.15) is 144 Å². The number of hydrogen-bond acceptors (Lipinski definition) is 8. The number of rotatable bonds is 25. The van der Waals surface area contributed by atoms with Gasteiger partial charge in [-0.05, 0) is 54.3 Å². The van der Waals surface area contributed by atoms with Gasteiger partial charge in [0.15, 0.2) is 18.8 Å². The van der Waals surface area contributed by atoms with Gasteiger partial charge in [-0.25, -0.2) is 5.26 Å². The Bertz CT molecular complexity index is 653. The summed E-state index contributed by atoms with van der Waals surface area (Å²) in [5, 5.41) is 9.86. The van der Waals surface area contributed by atoms with E-state index in [0.29, 0.717) is 17.0 Å². The van der Waals surface area contributed by atoms with E-state index in [1.165, 1.54) is 90.6 Å². The van der Waals surface area contributed by atoms with Crippen molar-refractivity contribution in [1.29, 1.82) is 0 Å². The second-order valence-electron chi connectivity index (χ2n) is 13.7. The van der Waals surface area contributed by atoms with Crippen LogP contribution in [0.15, 0.2) is 4.99 Å². The van der Waals surface area contributed by atoms with Crippen LogP contribution in [-0.2, 0) is 23.5 Å². The Balaban J connectivity index is 0. The predicted molar refractivity (Wildman–Crippen MR) is 183 cm³/mol. The maximum Gasteiger partial charge on any atom is 0.327 e. The summed E-state index contributed by atoms with van der Waals surface area (Å²) in [5.74, 6) is -0.301. The lowest BCUT2D eigenvalue weighted by Gasteiger charge is -2.37. The molecule has 0 aliphatic heterocycles. The molecule has 1 N–H and O–H groups in total. The Kier molecular flexibility index (Phi) is 27.7. The van der Waals surface area contributed by atoms with Gasteiger partial charge in [0, 0.05) is 6.61 Å². The van der Waals surface area contributed by atoms with Crippen molar-refractivity contribution in [3.05, 3.63) is 0 Å². The topological polar surface area (TPSA) is 89.8 Å². The largest absolute Gasteiger partial charge is 0.468 e. The molecule has 0 heterocycles. The summed E-state index contributed by atoms with van der Waals surface area (Å²) in [6.45, 7) is 19.5. The van der Waals surface area contributed by atoms with Gasteiger partial charge in [0.1, 0.15) is 6.54 Å². The maximum atomic E-state index is 11.0. The van der Waals surface area contributed by atoms with Crippen LogP contribution in [0.3, 0.4) is 0 Å². The zero-order chi connectivity index (χ0) is 32.3. The van der Waals surface area contributed by atoms with E-state index in [4.69, 9.17) is 14.2 Å². The molecular formula is C32H70N2O6Si2. The van der Waals surface area contributed by atoms with Crippen LogP contribution in [0.5, 0.6) is 0 Å². The standard InChI is InChI=1S/C16H33NO3Si.C16H37NO3Si/c1-15(2,3)21(7,8)20-12-10-16(4,5)9-11-17-13-14(18)19-6;1-2-3-4-5-6-7-8-9-10-11-12-13-14-15-16-17(19-18)20-21/h11H,9-10,12-13H2,1-8H3;18H,2-16H2,1,21H3. The van der Waals surface area contributed by atoms with Crippen LogP contribution in [0.25, 0.3) is 0 Å². The highest BCUT2D eigenvalue weighted by molar-refractivity contribution is 6.74. The first-order valence-corrected chi connectivity index (χ1v) is 20.3. The fourth-order valence-electron chi connectivity index (χ4n) is 4.02. The van der Waals surface area contributed by atoms with Gasteiger partial charge in [0.2, 0.25) is 0 Å². The summed E-state index contributed by atoms with van der Waals surface area (Å²) in [6, 6.07) is 0. The van der Waals surface area contributed by atoms with Crippen LogP contribution in [-0.4, -0.2) is 68.3 Å². The maximum absolute atomic E-state index is 11.0. The Hall–Kier alpha value is -0.626. The summed E-state index contributed by atoms with van der Waals surface area (Å²) in [4.78, 5) is 19.1. The van der Waals surface area contributed by atoms with Gasteiger partial charge in [0.05, 0.1) is 13.7 Å². The zero-order valence-corrected chi connectivity index (χ0v) is 32.4. The molecular weight excluding hydrogens is 565 g/mol. The molecule has 0 aromatic carbocycles. The fourth-order valence-corrected chi connectivity index (χ4v) is 5.31. The molecule has 0 amide bonds. The molecule has 0 rings (SSSR count). The van der Waals surface area contributed by atoms with Gasteiger partial charge in [-0.2, -0.15) is 0 Å². The van der Waals surface area contributed by atoms with Crippen molar-refractivity contribution in [2.45, 2.75) is 162 Å². The minimum Gasteiger partial charge on any atom is -0.468 e. The van der Waals surface area contributed by atoms with E-state index in [1.54, 1.807) is 0 Å². The number of methoxy groups -OCH3 is 1. The molecule has 0 saturated carbocycles. The molecule has 0 saturated heterocycles. The third-order valence-electron chi connectivity index (χ3n) is 8.26. The summed E-state index contributed by atoms with van der Waals surface area (Å²) in [5.41, 5.74) is 0.127. The predicted octanol–water partition coefficient (Wildman–Crippen LogP) is 8.44. The number of unbranched alkanes of at least 4 members (excludes halogenated alkanes) is 13. The molecule has 252 valence electrons. The zero-order valence-electron chi connectivity index (χ0n) is 29.4. The van der Waals surface area contributed by atoms with Crippen molar-refractivity contribution in [1.82, 2.24) is 5.23 Å². The molecule has 10 heteroatoms. The van der Waals surface area contributed by atoms with E-state index in [0.717, 1.165) is 31.1 Å². The number of aliphatic imine (C=N–C) groups is 1. The van der Waals surface area contributed by atoms with Gasteiger partial charge < -0.3 is 13.7 Å². The Morgan fingerprint density at radius 3 is 1.76 bits per heavy atom. The minimum atomic E-state index is -1.66. The van der Waals surface area contributed by atoms with Crippen molar-refractivity contribution in [3.8, 4) is 0 Å². The lowest BCUT2D eigenvalue weighted by Crippen LogP contribution is -2.41. The third kappa shape index (κ3) is 27.0. The fraction of sp³-hybridized carbons (Fsp3) is 0.938. The van der Waals surface area contributed by atoms with E-state index in [-0.39, 0.29) is 23.0 Å². The van der Waals surface area contributed by atoms with Gasteiger partial charge in [0.25, 0.3) is 0 Å². The lowest BCUT2D eigenvalue weighted by atomic mass is 9.87. The molecule has 0 atom stereocenters. The number of carbonyl (C=O) groups excluding carboxylic acids is 1. The number of carbonyl (C=O) groups is 1. The normalized spacial score (nSPS) is 12.6. The van der Waals surface area contributed by atoms with E-state index < -0.39 is 8.32 Å². The van der Waals surface area contributed by atoms with Crippen molar-refractivity contribution >= 4 is 31.0 Å². The summed E-state index contributed by atoms with van der Waals surface area (Å²) in [7, 11) is 0.261. The molecule has 0 spiro atoms. The van der Waals surface area contributed by atoms with Crippen molar-refractivity contribution in [2.75, 3.05) is 26.8 Å². The highest BCUT2D eigenvalue weighted by Crippen LogP contribution is 2.37. The third-order valence-corrected chi connectivity index (χ3v) is 13.2. The van der Waals surface area contributed by atoms with Gasteiger partial charge in [-0.15, -0.1) is 4.99 Å². The number of nitrogens with zero attached hydrogens (tertiary/aromatic N) is 2. The van der Waals surface area contributed by atoms with Gasteiger partial charge in [-0.1, -0.05) is 125 Å². The molecule has 42 heavy (non-hydrogen) atoms. The van der Waals surface area contributed by atoms with E-state index >= 15 is 0 Å². The Morgan fingerprint density at radius 2 is 1.36 bits per heavy atom. The van der Waals surface area contributed by atoms with Crippen LogP contribution in [0.2, 0.25) is 18.1 Å². The second-order valence-corrected chi connectivity index (χ2v) is 18.9. The quantitative estimate of drug-likeness (QED) is 0.0269. The summed E-state index contributed by atoms with van der Waals surface area (Å²) >= 11 is 0. The first-order chi connectivity index (χ1) is 19.8. The summed E-state index contributed by atoms with van der Waals surface area (Å²) in [6.07, 6.45) is 22.5. The second kappa shape index (κ2) is 26.7. The first-order valence-electron chi connectivity index (χ1n) is 16.6. The molecule has 8 nitrogen and oxygen atoms in total. The Labute approximate surface area is 264 Å². The van der Waals surface area contributed by atoms with Crippen LogP contribution < -0.4 is 0 Å². The van der Waals surface area contributed by atoms with Crippen molar-refractivity contribution in [2.24, 2.45) is 10.4 Å². The first kappa shape index (κ1) is 43.5. The molecule has 0 radical (unpaired) electrons. The van der Waals surface area contributed by atoms with E-state index in [2.05, 4.69) is 69.4 Å². The Morgan fingerprint density at radius 1 is 0.881 bits per heavy atom. The van der Waals surface area contributed by atoms with Crippen LogP contribution in [0, 0.1) is 5.41 Å². The molecule has 0 aromatic rings. The number of hydroxylamine groups is 2. The average molecular weight is 635 g/mol. The van der Waals surface area contributed by atoms with Gasteiger partial charge >= 0.3 is 5.97 Å². The van der Waals surface area contributed by atoms with Crippen LogP contribution in [0.4, 0.5) is 0 Å². The molecule has 0 aliphatic rings. The molecule has 0 unspecified atom stereocenters. The molecule has 0 fully saturated rings.